The third-order valence-corrected chi connectivity index (χ3v) is 21.7. The summed E-state index contributed by atoms with van der Waals surface area (Å²) in [6.45, 7) is 13.4. The minimum atomic E-state index is -0.130. The molecule has 4 aliphatic rings. The van der Waals surface area contributed by atoms with Crippen LogP contribution < -0.4 is 42.6 Å². The molecule has 0 bridgehead atoms. The van der Waals surface area contributed by atoms with Gasteiger partial charge in [-0.3, -0.25) is 9.13 Å². The molecular weight excluding hydrogens is 1150 g/mol. The van der Waals surface area contributed by atoms with Crippen molar-refractivity contribution in [2.24, 2.45) is 0 Å². The van der Waals surface area contributed by atoms with Crippen molar-refractivity contribution in [3.63, 3.8) is 0 Å². The first-order valence-electron chi connectivity index (χ1n) is 31.9. The zero-order chi connectivity index (χ0) is 61.7. The van der Waals surface area contributed by atoms with E-state index >= 15 is 0 Å². The maximum Gasteiger partial charge on any atom is 0.249 e. The quantitative estimate of drug-likeness (QED) is 0.134. The van der Waals surface area contributed by atoms with Gasteiger partial charge in [0.2, 0.25) is 13.4 Å². The molecule has 0 radical (unpaired) electrons. The first-order valence-corrected chi connectivity index (χ1v) is 33.6. The summed E-state index contributed by atoms with van der Waals surface area (Å²) in [4.78, 5) is 21.2. The fourth-order valence-corrected chi connectivity index (χ4v) is 17.8. The van der Waals surface area contributed by atoms with Gasteiger partial charge in [-0.25, -0.2) is 9.97 Å². The van der Waals surface area contributed by atoms with E-state index in [4.69, 9.17) is 9.97 Å². The summed E-state index contributed by atoms with van der Waals surface area (Å²) < 4.78 is 5.01. The second kappa shape index (κ2) is 20.8. The first-order chi connectivity index (χ1) is 44.9. The van der Waals surface area contributed by atoms with Crippen LogP contribution >= 0.6 is 23.5 Å². The Balaban J connectivity index is 0.932. The fourth-order valence-electron chi connectivity index (χ4n) is 15.0. The molecule has 18 rings (SSSR count). The number of benzene rings is 12. The summed E-state index contributed by atoms with van der Waals surface area (Å²) in [7, 11) is 0. The number of hydrogen-bond donors (Lipinski definition) is 0. The molecule has 92 heavy (non-hydrogen) atoms. The van der Waals surface area contributed by atoms with Crippen molar-refractivity contribution in [2.75, 3.05) is 9.80 Å². The Hall–Kier alpha value is -9.99. The number of imidazole rings is 2. The molecule has 0 aliphatic carbocycles. The van der Waals surface area contributed by atoms with Crippen molar-refractivity contribution >= 4 is 126 Å². The molecule has 10 heteroatoms. The van der Waals surface area contributed by atoms with Crippen molar-refractivity contribution < 1.29 is 0 Å². The Morgan fingerprint density at radius 3 is 1.05 bits per heavy atom. The Morgan fingerprint density at radius 1 is 0.337 bits per heavy atom. The second-order valence-electron chi connectivity index (χ2n) is 26.9. The molecule has 0 N–H and O–H groups in total. The van der Waals surface area contributed by atoms with Gasteiger partial charge >= 0.3 is 0 Å². The predicted octanol–water partition coefficient (Wildman–Crippen LogP) is 17.5. The lowest BCUT2D eigenvalue weighted by atomic mass is 9.32. The summed E-state index contributed by atoms with van der Waals surface area (Å²) in [6, 6.07) is 99.2. The van der Waals surface area contributed by atoms with Gasteiger partial charge in [0.1, 0.15) is 11.6 Å². The summed E-state index contributed by atoms with van der Waals surface area (Å²) >= 11 is 3.88. The number of rotatable bonds is 9. The van der Waals surface area contributed by atoms with E-state index in [2.05, 4.69) is 327 Å². The van der Waals surface area contributed by atoms with E-state index in [1.807, 2.05) is 23.5 Å². The van der Waals surface area contributed by atoms with E-state index < -0.39 is 0 Å². The zero-order valence-corrected chi connectivity index (χ0v) is 53.7. The molecule has 0 atom stereocenters. The van der Waals surface area contributed by atoms with Gasteiger partial charge in [0, 0.05) is 81.8 Å². The van der Waals surface area contributed by atoms with E-state index in [9.17, 15) is 0 Å². The van der Waals surface area contributed by atoms with E-state index in [0.29, 0.717) is 0 Å². The van der Waals surface area contributed by atoms with Gasteiger partial charge in [-0.2, -0.15) is 0 Å². The average Bonchev–Trinajstić information content (AvgIpc) is 1.18. The van der Waals surface area contributed by atoms with Crippen LogP contribution in [0.1, 0.15) is 52.7 Å². The van der Waals surface area contributed by atoms with E-state index in [1.165, 1.54) is 74.6 Å². The number of fused-ring (bicyclic) bond motifs is 8. The lowest BCUT2D eigenvalue weighted by Gasteiger charge is -2.39. The molecule has 0 unspecified atom stereocenters. The Kier molecular flexibility index (Phi) is 12.4. The standard InChI is InChI=1S/C82H62B2N6S2/c1-81(2,3)54-42-38-52(39-43-54)79-85-66-36-22-34-62-75(66)89(79)68-46-60(87(56-26-14-8-15-27-56)57-28-16-9-17-29-57)48-70-73(68)83(62)64-50-65-78(72(77(64)91-70)51-24-12-7-13-25-51)92-71-49-61(88(58-30-18-10-19-31-58)59-32-20-11-21-33-59)47-69-74(71)84(65)63-35-23-37-67-76(63)90(69)80(86-67)53-40-44-55(45-41-53)82(4,5)6/h7-50H,1-6H3. The molecule has 6 heterocycles. The van der Waals surface area contributed by atoms with Crippen LogP contribution in [0.3, 0.4) is 0 Å². The maximum atomic E-state index is 5.68. The van der Waals surface area contributed by atoms with Crippen LogP contribution in [0.15, 0.2) is 287 Å². The zero-order valence-electron chi connectivity index (χ0n) is 52.1. The minimum Gasteiger partial charge on any atom is -0.310 e. The number of nitrogens with zero attached hydrogens (tertiary/aromatic N) is 6. The van der Waals surface area contributed by atoms with Crippen molar-refractivity contribution in [1.82, 2.24) is 19.1 Å². The molecule has 0 saturated carbocycles. The minimum absolute atomic E-state index is 0.00286. The van der Waals surface area contributed by atoms with Gasteiger partial charge in [0.15, 0.2) is 0 Å². The monoisotopic (exact) mass is 1220 g/mol. The molecular formula is C82H62B2N6S2. The topological polar surface area (TPSA) is 42.1 Å². The van der Waals surface area contributed by atoms with Gasteiger partial charge < -0.3 is 9.80 Å². The highest BCUT2D eigenvalue weighted by Gasteiger charge is 2.47. The molecule has 0 fully saturated rings. The molecule has 438 valence electrons. The van der Waals surface area contributed by atoms with Crippen molar-refractivity contribution in [1.29, 1.82) is 0 Å². The summed E-state index contributed by atoms with van der Waals surface area (Å²) in [5.41, 5.74) is 28.1. The van der Waals surface area contributed by atoms with Crippen LogP contribution in [0.4, 0.5) is 34.1 Å². The van der Waals surface area contributed by atoms with E-state index in [-0.39, 0.29) is 24.3 Å². The third kappa shape index (κ3) is 8.53. The van der Waals surface area contributed by atoms with Crippen molar-refractivity contribution in [3.05, 3.63) is 278 Å². The van der Waals surface area contributed by atoms with Crippen molar-refractivity contribution in [2.45, 2.75) is 72.0 Å². The summed E-state index contributed by atoms with van der Waals surface area (Å²) in [5, 5.41) is 0. The molecule has 12 aromatic carbocycles. The number of anilines is 6. The van der Waals surface area contributed by atoms with Crippen LogP contribution in [0.5, 0.6) is 0 Å². The lowest BCUT2D eigenvalue weighted by molar-refractivity contribution is 0.590. The maximum absolute atomic E-state index is 5.68. The molecule has 0 saturated heterocycles. The van der Waals surface area contributed by atoms with Crippen LogP contribution in [0.25, 0.3) is 67.3 Å². The van der Waals surface area contributed by atoms with Gasteiger partial charge in [-0.1, -0.05) is 258 Å². The molecule has 0 spiro atoms. The lowest BCUT2D eigenvalue weighted by Crippen LogP contribution is -2.63. The Morgan fingerprint density at radius 2 is 0.696 bits per heavy atom. The molecule has 6 nitrogen and oxygen atoms in total. The highest BCUT2D eigenvalue weighted by atomic mass is 32.2. The Labute approximate surface area is 546 Å². The second-order valence-corrected chi connectivity index (χ2v) is 29.0. The van der Waals surface area contributed by atoms with Gasteiger partial charge in [0.25, 0.3) is 0 Å². The number of para-hydroxylation sites is 6. The SMILES string of the molecule is CC(C)(C)c1ccc(-c2nc3cccc4c3n2-c2cc(N(c3ccccc3)c3ccccc3)cc3c2B4c2cc4c(c(-c5ccccc5)c2S3)Sc2cc(N(c3ccccc3)c3ccccc3)cc3c2B4c2cccc4nc(-c5ccc(C(C)(C)C)cc5)n-3c24)cc1. The highest BCUT2D eigenvalue weighted by Crippen LogP contribution is 2.51. The highest BCUT2D eigenvalue weighted by molar-refractivity contribution is 8.01. The molecule has 14 aromatic rings. The molecule has 4 aliphatic heterocycles. The van der Waals surface area contributed by atoms with Crippen LogP contribution in [0.2, 0.25) is 0 Å². The Bertz CT molecular complexity index is 4900. The fraction of sp³-hybridized carbons (Fsp3) is 0.0976. The average molecular weight is 1220 g/mol. The smallest absolute Gasteiger partial charge is 0.249 e. The summed E-state index contributed by atoms with van der Waals surface area (Å²) in [6.07, 6.45) is 0. The first kappa shape index (κ1) is 54.9. The van der Waals surface area contributed by atoms with Gasteiger partial charge in [0.05, 0.1) is 22.1 Å². The van der Waals surface area contributed by atoms with Crippen molar-refractivity contribution in [3.8, 4) is 45.3 Å². The molecule has 0 amide bonds. The summed E-state index contributed by atoms with van der Waals surface area (Å²) in [5.74, 6) is 1.88. The van der Waals surface area contributed by atoms with Crippen LogP contribution in [0, 0.1) is 0 Å². The third-order valence-electron chi connectivity index (χ3n) is 19.3. The van der Waals surface area contributed by atoms with E-state index in [1.54, 1.807) is 0 Å². The predicted molar refractivity (Wildman–Crippen MR) is 389 cm³/mol. The molecule has 2 aromatic heterocycles. The van der Waals surface area contributed by atoms with Crippen LogP contribution in [-0.4, -0.2) is 32.5 Å². The van der Waals surface area contributed by atoms with Crippen LogP contribution in [-0.2, 0) is 10.8 Å². The van der Waals surface area contributed by atoms with Gasteiger partial charge in [-0.05, 0) is 134 Å². The normalized spacial score (nSPS) is 13.2. The largest absolute Gasteiger partial charge is 0.310 e. The van der Waals surface area contributed by atoms with E-state index in [0.717, 1.165) is 90.3 Å². The number of aromatic nitrogens is 4. The van der Waals surface area contributed by atoms with Gasteiger partial charge in [-0.15, -0.1) is 0 Å². The number of hydrogen-bond acceptors (Lipinski definition) is 6.